The van der Waals surface area contributed by atoms with Crippen LogP contribution in [0.2, 0.25) is 0 Å². The van der Waals surface area contributed by atoms with Crippen molar-refractivity contribution in [3.63, 3.8) is 0 Å². The van der Waals surface area contributed by atoms with Crippen molar-refractivity contribution in [3.8, 4) is 0 Å². The first-order valence-electron chi connectivity index (χ1n) is 5.58. The van der Waals surface area contributed by atoms with Gasteiger partial charge in [-0.25, -0.2) is 0 Å². The average molecular weight is 272 g/mol. The van der Waals surface area contributed by atoms with Crippen molar-refractivity contribution in [1.29, 1.82) is 0 Å². The predicted octanol–water partition coefficient (Wildman–Crippen LogP) is 3.55. The fourth-order valence-electron chi connectivity index (χ4n) is 1.39. The van der Waals surface area contributed by atoms with Crippen molar-refractivity contribution in [2.45, 2.75) is 30.7 Å². The van der Waals surface area contributed by atoms with Gasteiger partial charge in [-0.15, -0.1) is 23.4 Å². The highest BCUT2D eigenvalue weighted by molar-refractivity contribution is 7.98. The third-order valence-electron chi connectivity index (χ3n) is 2.84. The summed E-state index contributed by atoms with van der Waals surface area (Å²) in [7, 11) is 0. The summed E-state index contributed by atoms with van der Waals surface area (Å²) in [5.41, 5.74) is 0.370. The van der Waals surface area contributed by atoms with Gasteiger partial charge in [0, 0.05) is 10.8 Å². The molecule has 17 heavy (non-hydrogen) atoms. The molecule has 0 aliphatic carbocycles. The minimum absolute atomic E-state index is 0.0556. The second-order valence-corrected chi connectivity index (χ2v) is 5.32. The van der Waals surface area contributed by atoms with Crippen LogP contribution in [0.5, 0.6) is 0 Å². The molecule has 1 rings (SSSR count). The number of alkyl halides is 1. The van der Waals surface area contributed by atoms with Crippen molar-refractivity contribution >= 4 is 29.3 Å². The molecule has 1 amide bonds. The molecule has 0 heterocycles. The molecule has 1 unspecified atom stereocenters. The number of thioether (sulfide) groups is 1. The summed E-state index contributed by atoms with van der Waals surface area (Å²) in [5, 5.41) is 3.00. The fourth-order valence-corrected chi connectivity index (χ4v) is 2.24. The number of benzene rings is 1. The zero-order chi connectivity index (χ0) is 12.9. The van der Waals surface area contributed by atoms with Crippen molar-refractivity contribution in [2.24, 2.45) is 0 Å². The highest BCUT2D eigenvalue weighted by Gasteiger charge is 2.24. The van der Waals surface area contributed by atoms with Gasteiger partial charge in [0.15, 0.2) is 0 Å². The van der Waals surface area contributed by atoms with Gasteiger partial charge in [0.25, 0.3) is 5.91 Å². The molecular formula is C13H18ClNOS. The number of carbonyl (C=O) groups is 1. The van der Waals surface area contributed by atoms with Crippen molar-refractivity contribution < 1.29 is 4.79 Å². The molecule has 0 fully saturated rings. The lowest BCUT2D eigenvalue weighted by Crippen LogP contribution is -2.47. The second kappa shape index (κ2) is 6.31. The minimum Gasteiger partial charge on any atom is -0.346 e. The summed E-state index contributed by atoms with van der Waals surface area (Å²) in [6.45, 7) is 3.97. The van der Waals surface area contributed by atoms with Gasteiger partial charge in [-0.1, -0.05) is 19.1 Å². The first-order valence-corrected chi connectivity index (χ1v) is 7.33. The Morgan fingerprint density at radius 1 is 1.47 bits per heavy atom. The lowest BCUT2D eigenvalue weighted by atomic mass is 10.0. The average Bonchev–Trinajstić information content (AvgIpc) is 2.38. The Morgan fingerprint density at radius 3 is 2.65 bits per heavy atom. The first-order chi connectivity index (χ1) is 8.06. The molecule has 0 radical (unpaired) electrons. The van der Waals surface area contributed by atoms with Crippen LogP contribution < -0.4 is 5.32 Å². The van der Waals surface area contributed by atoms with E-state index in [0.29, 0.717) is 11.4 Å². The normalized spacial score (nSPS) is 14.1. The van der Waals surface area contributed by atoms with Gasteiger partial charge < -0.3 is 5.32 Å². The molecule has 0 bridgehead atoms. The van der Waals surface area contributed by atoms with Gasteiger partial charge in [0.2, 0.25) is 0 Å². The molecule has 1 atom stereocenters. The summed E-state index contributed by atoms with van der Waals surface area (Å²) in [6.07, 6.45) is 2.77. The molecular weight excluding hydrogens is 254 g/mol. The van der Waals surface area contributed by atoms with Crippen molar-refractivity contribution in [1.82, 2.24) is 5.32 Å². The Morgan fingerprint density at radius 2 is 2.12 bits per heavy atom. The van der Waals surface area contributed by atoms with Gasteiger partial charge in [0.1, 0.15) is 0 Å². The topological polar surface area (TPSA) is 29.1 Å². The molecule has 0 aliphatic heterocycles. The van der Waals surface area contributed by atoms with E-state index in [1.165, 1.54) is 0 Å². The van der Waals surface area contributed by atoms with Gasteiger partial charge >= 0.3 is 0 Å². The molecule has 94 valence electrons. The van der Waals surface area contributed by atoms with E-state index < -0.39 is 0 Å². The number of amides is 1. The lowest BCUT2D eigenvalue weighted by molar-refractivity contribution is 0.0909. The summed E-state index contributed by atoms with van der Waals surface area (Å²) in [5.74, 6) is 0.358. The van der Waals surface area contributed by atoms with Gasteiger partial charge in [-0.05, 0) is 31.7 Å². The summed E-state index contributed by atoms with van der Waals surface area (Å²) >= 11 is 7.47. The number of hydrogen-bond acceptors (Lipinski definition) is 2. The Hall–Kier alpha value is -0.670. The van der Waals surface area contributed by atoms with E-state index in [2.05, 4.69) is 5.32 Å². The Kier molecular flexibility index (Phi) is 5.34. The number of nitrogens with one attached hydrogen (secondary N) is 1. The van der Waals surface area contributed by atoms with Crippen molar-refractivity contribution in [2.75, 3.05) is 12.1 Å². The first kappa shape index (κ1) is 14.4. The van der Waals surface area contributed by atoms with Gasteiger partial charge in [0.05, 0.1) is 11.1 Å². The van der Waals surface area contributed by atoms with E-state index in [1.807, 2.05) is 44.4 Å². The third-order valence-corrected chi connectivity index (χ3v) is 4.23. The largest absolute Gasteiger partial charge is 0.346 e. The summed E-state index contributed by atoms with van der Waals surface area (Å²) in [4.78, 5) is 13.2. The zero-order valence-electron chi connectivity index (χ0n) is 10.4. The lowest BCUT2D eigenvalue weighted by Gasteiger charge is -2.27. The maximum absolute atomic E-state index is 12.2. The van der Waals surface area contributed by atoms with E-state index in [4.69, 9.17) is 11.6 Å². The highest BCUT2D eigenvalue weighted by atomic mass is 35.5. The van der Waals surface area contributed by atoms with Crippen LogP contribution in [0.3, 0.4) is 0 Å². The Bertz CT molecular complexity index is 391. The molecule has 0 aromatic heterocycles. The summed E-state index contributed by atoms with van der Waals surface area (Å²) in [6, 6.07) is 7.59. The van der Waals surface area contributed by atoms with E-state index in [-0.39, 0.29) is 11.4 Å². The quantitative estimate of drug-likeness (QED) is 0.656. The van der Waals surface area contributed by atoms with Crippen LogP contribution in [-0.2, 0) is 0 Å². The third kappa shape index (κ3) is 3.65. The van der Waals surface area contributed by atoms with E-state index >= 15 is 0 Å². The molecule has 4 heteroatoms. The van der Waals surface area contributed by atoms with Crippen LogP contribution in [0.4, 0.5) is 0 Å². The van der Waals surface area contributed by atoms with Crippen LogP contribution >= 0.6 is 23.4 Å². The molecule has 2 nitrogen and oxygen atoms in total. The van der Waals surface area contributed by atoms with E-state index in [0.717, 1.165) is 11.3 Å². The highest BCUT2D eigenvalue weighted by Crippen LogP contribution is 2.21. The SMILES string of the molecule is CCC(C)(CCl)NC(=O)c1ccccc1SC. The molecule has 0 spiro atoms. The van der Waals surface area contributed by atoms with Crippen LogP contribution in [0.1, 0.15) is 30.6 Å². The predicted molar refractivity (Wildman–Crippen MR) is 75.1 cm³/mol. The molecule has 1 aromatic carbocycles. The van der Waals surface area contributed by atoms with Crippen LogP contribution in [-0.4, -0.2) is 23.6 Å². The molecule has 0 saturated heterocycles. The zero-order valence-corrected chi connectivity index (χ0v) is 12.0. The van der Waals surface area contributed by atoms with Crippen LogP contribution in [0.25, 0.3) is 0 Å². The number of rotatable bonds is 5. The smallest absolute Gasteiger partial charge is 0.252 e. The molecule has 1 aromatic rings. The standard InChI is InChI=1S/C13H18ClNOS/c1-4-13(2,9-14)15-12(16)10-7-5-6-8-11(10)17-3/h5-8H,4,9H2,1-3H3,(H,15,16). The van der Waals surface area contributed by atoms with Gasteiger partial charge in [-0.2, -0.15) is 0 Å². The maximum Gasteiger partial charge on any atom is 0.252 e. The van der Waals surface area contributed by atoms with E-state index in [1.54, 1.807) is 11.8 Å². The van der Waals surface area contributed by atoms with Crippen molar-refractivity contribution in [3.05, 3.63) is 29.8 Å². The molecule has 0 aliphatic rings. The Balaban J connectivity index is 2.90. The number of halogens is 1. The van der Waals surface area contributed by atoms with Gasteiger partial charge in [-0.3, -0.25) is 4.79 Å². The minimum atomic E-state index is -0.343. The molecule has 0 saturated carbocycles. The van der Waals surface area contributed by atoms with Crippen LogP contribution in [0.15, 0.2) is 29.2 Å². The van der Waals surface area contributed by atoms with Crippen LogP contribution in [0, 0.1) is 0 Å². The molecule has 1 N–H and O–H groups in total. The monoisotopic (exact) mass is 271 g/mol. The fraction of sp³-hybridized carbons (Fsp3) is 0.462. The number of hydrogen-bond donors (Lipinski definition) is 1. The van der Waals surface area contributed by atoms with E-state index in [9.17, 15) is 4.79 Å². The summed E-state index contributed by atoms with van der Waals surface area (Å²) < 4.78 is 0. The Labute approximate surface area is 112 Å². The number of carbonyl (C=O) groups excluding carboxylic acids is 1. The second-order valence-electron chi connectivity index (χ2n) is 4.20. The maximum atomic E-state index is 12.2.